The fraction of sp³-hybridized carbons (Fsp3) is 0.415. The molecule has 0 unspecified atom stereocenters. The molecule has 14 heteroatoms. The van der Waals surface area contributed by atoms with Gasteiger partial charge in [-0.2, -0.15) is 0 Å². The molecule has 0 aliphatic heterocycles. The molecule has 3 aromatic carbocycles. The molecule has 0 aliphatic rings. The Morgan fingerprint density at radius 2 is 1.29 bits per heavy atom. The fourth-order valence-electron chi connectivity index (χ4n) is 5.46. The minimum atomic E-state index is -1.12. The summed E-state index contributed by atoms with van der Waals surface area (Å²) < 4.78 is 27.4. The number of alkyl carbamates (subject to hydrolysis) is 2. The Labute approximate surface area is 320 Å². The van der Waals surface area contributed by atoms with Gasteiger partial charge in [0, 0.05) is 19.3 Å². The molecule has 0 saturated carbocycles. The number of fused-ring (bicyclic) bond motifs is 1. The molecule has 14 nitrogen and oxygen atoms in total. The van der Waals surface area contributed by atoms with E-state index in [1.54, 1.807) is 59.7 Å². The maximum absolute atomic E-state index is 13.6. The molecule has 0 aliphatic carbocycles. The fourth-order valence-corrected chi connectivity index (χ4v) is 5.46. The van der Waals surface area contributed by atoms with E-state index in [4.69, 9.17) is 23.4 Å². The standard InChI is InChI=1S/C41H50N4O10/c1-40(2,3)54-37(48)31(44-38(49)52-25-27-17-12-9-13-18-27)24-28-19-14-20-32-34(28)45-33(53-32)22-21-29(36(47)51-7)42-35(46)30(23-26-15-10-8-11-16-26)43-39(50)55-41(4,5)6/h8-20,29-31H,21-25H2,1-7H3,(H,42,46)(H,43,50)(H,44,49)/t29-,30-,31-/m0/s1. The largest absolute Gasteiger partial charge is 0.467 e. The summed E-state index contributed by atoms with van der Waals surface area (Å²) in [6.45, 7) is 10.3. The number of benzene rings is 3. The van der Waals surface area contributed by atoms with Crippen LogP contribution in [0.4, 0.5) is 9.59 Å². The number of ether oxygens (including phenoxy) is 4. The lowest BCUT2D eigenvalue weighted by Gasteiger charge is -2.25. The molecule has 0 radical (unpaired) electrons. The van der Waals surface area contributed by atoms with Crippen molar-refractivity contribution in [1.29, 1.82) is 0 Å². The summed E-state index contributed by atoms with van der Waals surface area (Å²) in [6.07, 6.45) is -1.29. The Hall–Kier alpha value is -5.92. The SMILES string of the molecule is COC(=O)[C@H](CCc1nc2c(C[C@H](NC(=O)OCc3ccccc3)C(=O)OC(C)(C)C)cccc2o1)NC(=O)[C@H](Cc1ccccc1)NC(=O)OC(C)(C)C. The predicted molar refractivity (Wildman–Crippen MR) is 203 cm³/mol. The molecule has 4 rings (SSSR count). The van der Waals surface area contributed by atoms with E-state index in [9.17, 15) is 24.0 Å². The van der Waals surface area contributed by atoms with Gasteiger partial charge in [0.1, 0.15) is 41.5 Å². The lowest BCUT2D eigenvalue weighted by molar-refractivity contribution is -0.157. The van der Waals surface area contributed by atoms with Crippen molar-refractivity contribution in [3.05, 3.63) is 101 Å². The van der Waals surface area contributed by atoms with Gasteiger partial charge in [-0.1, -0.05) is 72.8 Å². The van der Waals surface area contributed by atoms with Gasteiger partial charge in [-0.3, -0.25) is 4.79 Å². The number of esters is 2. The molecule has 3 atom stereocenters. The van der Waals surface area contributed by atoms with Crippen LogP contribution < -0.4 is 16.0 Å². The van der Waals surface area contributed by atoms with Gasteiger partial charge in [-0.05, 0) is 70.7 Å². The maximum Gasteiger partial charge on any atom is 0.408 e. The molecule has 294 valence electrons. The second-order valence-electron chi connectivity index (χ2n) is 14.9. The quantitative estimate of drug-likeness (QED) is 0.0994. The average molecular weight is 759 g/mol. The number of para-hydroxylation sites is 1. The Bertz CT molecular complexity index is 1920. The molecule has 0 saturated heterocycles. The van der Waals surface area contributed by atoms with Crippen LogP contribution in [0.2, 0.25) is 0 Å². The zero-order valence-corrected chi connectivity index (χ0v) is 32.3. The van der Waals surface area contributed by atoms with Crippen LogP contribution in [-0.4, -0.2) is 71.5 Å². The Kier molecular flexibility index (Phi) is 14.4. The zero-order chi connectivity index (χ0) is 40.2. The van der Waals surface area contributed by atoms with Gasteiger partial charge in [-0.15, -0.1) is 0 Å². The number of nitrogens with zero attached hydrogens (tertiary/aromatic N) is 1. The van der Waals surface area contributed by atoms with E-state index in [0.717, 1.165) is 11.1 Å². The zero-order valence-electron chi connectivity index (χ0n) is 32.3. The summed E-state index contributed by atoms with van der Waals surface area (Å²) in [5.41, 5.74) is 1.37. The summed E-state index contributed by atoms with van der Waals surface area (Å²) in [6, 6.07) is 20.1. The number of hydrogen-bond donors (Lipinski definition) is 3. The summed E-state index contributed by atoms with van der Waals surface area (Å²) in [5.74, 6) is -1.73. The van der Waals surface area contributed by atoms with Crippen LogP contribution in [-0.2, 0) is 59.2 Å². The maximum atomic E-state index is 13.6. The molecule has 4 aromatic rings. The van der Waals surface area contributed by atoms with E-state index < -0.39 is 59.4 Å². The minimum Gasteiger partial charge on any atom is -0.467 e. The van der Waals surface area contributed by atoms with Gasteiger partial charge in [0.05, 0.1) is 7.11 Å². The number of amides is 3. The minimum absolute atomic E-state index is 0.00690. The van der Waals surface area contributed by atoms with Crippen LogP contribution in [0.15, 0.2) is 83.3 Å². The van der Waals surface area contributed by atoms with Crippen molar-refractivity contribution >= 4 is 41.1 Å². The van der Waals surface area contributed by atoms with E-state index in [1.807, 2.05) is 60.7 Å². The highest BCUT2D eigenvalue weighted by Crippen LogP contribution is 2.23. The van der Waals surface area contributed by atoms with E-state index in [0.29, 0.717) is 16.7 Å². The van der Waals surface area contributed by atoms with Crippen LogP contribution in [0.5, 0.6) is 0 Å². The number of methoxy groups -OCH3 is 1. The van der Waals surface area contributed by atoms with Crippen LogP contribution >= 0.6 is 0 Å². The lowest BCUT2D eigenvalue weighted by atomic mass is 10.0. The van der Waals surface area contributed by atoms with E-state index in [2.05, 4.69) is 20.9 Å². The number of aromatic nitrogens is 1. The van der Waals surface area contributed by atoms with Gasteiger partial charge in [0.25, 0.3) is 0 Å². The lowest BCUT2D eigenvalue weighted by Crippen LogP contribution is -2.53. The Balaban J connectivity index is 1.49. The van der Waals surface area contributed by atoms with Crippen LogP contribution in [0.3, 0.4) is 0 Å². The average Bonchev–Trinajstić information content (AvgIpc) is 3.55. The van der Waals surface area contributed by atoms with Crippen LogP contribution in [0.1, 0.15) is 70.5 Å². The number of aryl methyl sites for hydroxylation is 1. The van der Waals surface area contributed by atoms with Gasteiger partial charge in [0.15, 0.2) is 11.5 Å². The van der Waals surface area contributed by atoms with Gasteiger partial charge >= 0.3 is 24.1 Å². The van der Waals surface area contributed by atoms with Crippen molar-refractivity contribution in [1.82, 2.24) is 20.9 Å². The highest BCUT2D eigenvalue weighted by atomic mass is 16.6. The number of nitrogens with one attached hydrogen (secondary N) is 3. The van der Waals surface area contributed by atoms with E-state index in [-0.39, 0.29) is 38.2 Å². The third kappa shape index (κ3) is 13.8. The summed E-state index contributed by atoms with van der Waals surface area (Å²) in [4.78, 5) is 70.0. The second kappa shape index (κ2) is 18.9. The normalized spacial score (nSPS) is 13.1. The van der Waals surface area contributed by atoms with Crippen molar-refractivity contribution in [2.75, 3.05) is 7.11 Å². The van der Waals surface area contributed by atoms with Gasteiger partial charge < -0.3 is 39.3 Å². The first kappa shape index (κ1) is 41.8. The van der Waals surface area contributed by atoms with Gasteiger partial charge in [-0.25, -0.2) is 24.2 Å². The van der Waals surface area contributed by atoms with Crippen molar-refractivity contribution in [3.8, 4) is 0 Å². The van der Waals surface area contributed by atoms with E-state index >= 15 is 0 Å². The molecule has 0 bridgehead atoms. The Morgan fingerprint density at radius 1 is 0.673 bits per heavy atom. The van der Waals surface area contributed by atoms with Crippen molar-refractivity contribution in [3.63, 3.8) is 0 Å². The smallest absolute Gasteiger partial charge is 0.408 e. The summed E-state index contributed by atoms with van der Waals surface area (Å²) in [5, 5.41) is 7.97. The van der Waals surface area contributed by atoms with Crippen molar-refractivity contribution < 1.29 is 47.3 Å². The first-order valence-electron chi connectivity index (χ1n) is 18.0. The molecular weight excluding hydrogens is 708 g/mol. The molecule has 3 amide bonds. The second-order valence-corrected chi connectivity index (χ2v) is 14.9. The Morgan fingerprint density at radius 3 is 1.91 bits per heavy atom. The highest BCUT2D eigenvalue weighted by molar-refractivity contribution is 5.90. The molecule has 3 N–H and O–H groups in total. The number of oxazole rings is 1. The number of hydrogen-bond acceptors (Lipinski definition) is 11. The first-order valence-corrected chi connectivity index (χ1v) is 18.0. The van der Waals surface area contributed by atoms with Crippen molar-refractivity contribution in [2.45, 2.75) is 103 Å². The molecule has 55 heavy (non-hydrogen) atoms. The predicted octanol–water partition coefficient (Wildman–Crippen LogP) is 5.73. The number of carbonyl (C=O) groups is 5. The third-order valence-corrected chi connectivity index (χ3v) is 7.91. The molecule has 0 spiro atoms. The van der Waals surface area contributed by atoms with Crippen molar-refractivity contribution in [2.24, 2.45) is 0 Å². The number of rotatable bonds is 15. The van der Waals surface area contributed by atoms with Gasteiger partial charge in [0.2, 0.25) is 5.91 Å². The third-order valence-electron chi connectivity index (χ3n) is 7.91. The number of carbonyl (C=O) groups excluding carboxylic acids is 5. The monoisotopic (exact) mass is 758 g/mol. The summed E-state index contributed by atoms with van der Waals surface area (Å²) >= 11 is 0. The molecule has 0 fully saturated rings. The van der Waals surface area contributed by atoms with Crippen LogP contribution in [0.25, 0.3) is 11.1 Å². The molecule has 1 heterocycles. The summed E-state index contributed by atoms with van der Waals surface area (Å²) in [7, 11) is 1.21. The first-order chi connectivity index (χ1) is 26.0. The molecule has 1 aromatic heterocycles. The highest BCUT2D eigenvalue weighted by Gasteiger charge is 2.31. The topological polar surface area (TPSA) is 184 Å². The van der Waals surface area contributed by atoms with Crippen LogP contribution in [0, 0.1) is 0 Å². The van der Waals surface area contributed by atoms with E-state index in [1.165, 1.54) is 7.11 Å². The molecular formula is C41H50N4O10.